The van der Waals surface area contributed by atoms with Gasteiger partial charge in [-0.3, -0.25) is 0 Å². The molecule has 3 aromatic rings. The van der Waals surface area contributed by atoms with Crippen LogP contribution in [0.15, 0.2) is 67.0 Å². The molecule has 5 nitrogen and oxygen atoms in total. The molecule has 0 fully saturated rings. The van der Waals surface area contributed by atoms with Crippen LogP contribution in [0.4, 0.5) is 4.39 Å². The van der Waals surface area contributed by atoms with E-state index < -0.39 is 0 Å². The highest BCUT2D eigenvalue weighted by Crippen LogP contribution is 2.24. The summed E-state index contributed by atoms with van der Waals surface area (Å²) >= 11 is 0. The molecule has 1 unspecified atom stereocenters. The first-order valence-corrected chi connectivity index (χ1v) is 7.79. The molecule has 25 heavy (non-hydrogen) atoms. The second kappa shape index (κ2) is 8.10. The molecule has 0 saturated carbocycles. The van der Waals surface area contributed by atoms with E-state index in [0.717, 1.165) is 0 Å². The zero-order chi connectivity index (χ0) is 17.5. The summed E-state index contributed by atoms with van der Waals surface area (Å²) < 4.78 is 30.0. The van der Waals surface area contributed by atoms with E-state index in [1.807, 2.05) is 6.92 Å². The zero-order valence-electron chi connectivity index (χ0n) is 13.6. The molecule has 3 rings (SSSR count). The number of ether oxygens (including phenoxy) is 3. The third-order valence-corrected chi connectivity index (χ3v) is 3.18. The molecule has 128 valence electrons. The smallest absolute Gasteiger partial charge is 0.316 e. The molecule has 0 bridgehead atoms. The van der Waals surface area contributed by atoms with Crippen LogP contribution in [0.3, 0.4) is 0 Å². The van der Waals surface area contributed by atoms with Crippen molar-refractivity contribution >= 4 is 0 Å². The third-order valence-electron chi connectivity index (χ3n) is 3.18. The molecule has 0 N–H and O–H groups in total. The number of hydrogen-bond acceptors (Lipinski definition) is 5. The molecule has 6 heteroatoms. The van der Waals surface area contributed by atoms with Gasteiger partial charge in [-0.1, -0.05) is 6.07 Å². The van der Waals surface area contributed by atoms with Crippen molar-refractivity contribution in [1.29, 1.82) is 0 Å². The monoisotopic (exact) mass is 340 g/mol. The fourth-order valence-corrected chi connectivity index (χ4v) is 2.07. The van der Waals surface area contributed by atoms with Crippen LogP contribution in [0.5, 0.6) is 23.3 Å². The van der Waals surface area contributed by atoms with E-state index in [1.165, 1.54) is 12.1 Å². The molecule has 0 spiro atoms. The van der Waals surface area contributed by atoms with Gasteiger partial charge in [0.25, 0.3) is 0 Å². The molecule has 1 atom stereocenters. The van der Waals surface area contributed by atoms with E-state index in [9.17, 15) is 4.39 Å². The Kier molecular flexibility index (Phi) is 5.41. The Bertz CT molecular complexity index is 797. The highest BCUT2D eigenvalue weighted by molar-refractivity contribution is 5.35. The maximum Gasteiger partial charge on any atom is 0.316 e. The molecular weight excluding hydrogens is 323 g/mol. The lowest BCUT2D eigenvalue weighted by molar-refractivity contribution is 0.136. The first kappa shape index (κ1) is 16.7. The zero-order valence-corrected chi connectivity index (χ0v) is 13.6. The van der Waals surface area contributed by atoms with Crippen molar-refractivity contribution in [3.05, 3.63) is 72.8 Å². The van der Waals surface area contributed by atoms with Crippen molar-refractivity contribution in [2.45, 2.75) is 13.0 Å². The summed E-state index contributed by atoms with van der Waals surface area (Å²) in [6.45, 7) is 2.21. The molecule has 0 aliphatic heterocycles. The Morgan fingerprint density at radius 3 is 2.36 bits per heavy atom. The Morgan fingerprint density at radius 1 is 0.920 bits per heavy atom. The Balaban J connectivity index is 1.51. The number of aromatic nitrogens is 2. The Morgan fingerprint density at radius 2 is 1.64 bits per heavy atom. The van der Waals surface area contributed by atoms with E-state index in [0.29, 0.717) is 29.9 Å². The summed E-state index contributed by atoms with van der Waals surface area (Å²) in [4.78, 5) is 7.97. The minimum Gasteiger partial charge on any atom is -0.487 e. The topological polar surface area (TPSA) is 53.5 Å². The molecule has 1 aromatic heterocycles. The van der Waals surface area contributed by atoms with Gasteiger partial charge in [-0.05, 0) is 49.4 Å². The second-order valence-electron chi connectivity index (χ2n) is 5.30. The van der Waals surface area contributed by atoms with Gasteiger partial charge in [0.05, 0.1) is 0 Å². The molecule has 0 aliphatic rings. The fraction of sp³-hybridized carbons (Fsp3) is 0.158. The Labute approximate surface area is 145 Å². The van der Waals surface area contributed by atoms with Gasteiger partial charge in [0, 0.05) is 18.5 Å². The van der Waals surface area contributed by atoms with Crippen molar-refractivity contribution in [3.63, 3.8) is 0 Å². The van der Waals surface area contributed by atoms with E-state index in [4.69, 9.17) is 14.2 Å². The molecule has 0 radical (unpaired) electrons. The highest BCUT2D eigenvalue weighted by atomic mass is 19.1. The number of rotatable bonds is 7. The normalized spacial score (nSPS) is 11.6. The summed E-state index contributed by atoms with van der Waals surface area (Å²) in [5.74, 6) is 1.38. The van der Waals surface area contributed by atoms with Crippen LogP contribution in [0.25, 0.3) is 0 Å². The van der Waals surface area contributed by atoms with Crippen molar-refractivity contribution in [3.8, 4) is 23.3 Å². The van der Waals surface area contributed by atoms with E-state index in [2.05, 4.69) is 9.97 Å². The van der Waals surface area contributed by atoms with E-state index >= 15 is 0 Å². The maximum atomic E-state index is 13.2. The SMILES string of the molecule is CC(COc1ncccn1)Oc1ccc(Oc2cccc(F)c2)cc1. The lowest BCUT2D eigenvalue weighted by Gasteiger charge is -2.15. The highest BCUT2D eigenvalue weighted by Gasteiger charge is 2.07. The van der Waals surface area contributed by atoms with Crippen molar-refractivity contribution in [2.24, 2.45) is 0 Å². The van der Waals surface area contributed by atoms with Crippen molar-refractivity contribution in [2.75, 3.05) is 6.61 Å². The number of halogens is 1. The van der Waals surface area contributed by atoms with Gasteiger partial charge < -0.3 is 14.2 Å². The van der Waals surface area contributed by atoms with Crippen LogP contribution >= 0.6 is 0 Å². The predicted molar refractivity (Wildman–Crippen MR) is 90.5 cm³/mol. The van der Waals surface area contributed by atoms with Crippen LogP contribution in [-0.4, -0.2) is 22.7 Å². The van der Waals surface area contributed by atoms with E-state index in [1.54, 1.807) is 54.9 Å². The molecule has 0 amide bonds. The molecule has 1 heterocycles. The van der Waals surface area contributed by atoms with Crippen LogP contribution in [-0.2, 0) is 0 Å². The summed E-state index contributed by atoms with van der Waals surface area (Å²) in [7, 11) is 0. The number of nitrogens with zero attached hydrogens (tertiary/aromatic N) is 2. The van der Waals surface area contributed by atoms with Gasteiger partial charge in [0.2, 0.25) is 0 Å². The molecular formula is C19H17FN2O3. The second-order valence-corrected chi connectivity index (χ2v) is 5.30. The fourth-order valence-electron chi connectivity index (χ4n) is 2.07. The molecule has 2 aromatic carbocycles. The average Bonchev–Trinajstić information content (AvgIpc) is 2.63. The average molecular weight is 340 g/mol. The van der Waals surface area contributed by atoms with Gasteiger partial charge in [-0.15, -0.1) is 0 Å². The van der Waals surface area contributed by atoms with Crippen LogP contribution in [0.2, 0.25) is 0 Å². The van der Waals surface area contributed by atoms with Crippen LogP contribution in [0.1, 0.15) is 6.92 Å². The minimum absolute atomic E-state index is 0.182. The first-order valence-electron chi connectivity index (χ1n) is 7.79. The van der Waals surface area contributed by atoms with Gasteiger partial charge in [-0.25, -0.2) is 14.4 Å². The van der Waals surface area contributed by atoms with E-state index in [-0.39, 0.29) is 11.9 Å². The third kappa shape index (κ3) is 5.17. The number of hydrogen-bond donors (Lipinski definition) is 0. The largest absolute Gasteiger partial charge is 0.487 e. The first-order chi connectivity index (χ1) is 12.2. The summed E-state index contributed by atoms with van der Waals surface area (Å²) in [6.07, 6.45) is 3.05. The Hall–Kier alpha value is -3.15. The van der Waals surface area contributed by atoms with Crippen molar-refractivity contribution in [1.82, 2.24) is 9.97 Å². The van der Waals surface area contributed by atoms with Crippen molar-refractivity contribution < 1.29 is 18.6 Å². The van der Waals surface area contributed by atoms with Crippen LogP contribution in [0, 0.1) is 5.82 Å². The lowest BCUT2D eigenvalue weighted by Crippen LogP contribution is -2.21. The van der Waals surface area contributed by atoms with Gasteiger partial charge in [0.15, 0.2) is 0 Å². The summed E-state index contributed by atoms with van der Waals surface area (Å²) in [6, 6.07) is 15.1. The lowest BCUT2D eigenvalue weighted by atomic mass is 10.3. The predicted octanol–water partition coefficient (Wildman–Crippen LogP) is 4.25. The molecule has 0 saturated heterocycles. The van der Waals surface area contributed by atoms with Crippen LogP contribution < -0.4 is 14.2 Å². The van der Waals surface area contributed by atoms with Gasteiger partial charge in [0.1, 0.15) is 35.8 Å². The molecule has 0 aliphatic carbocycles. The summed E-state index contributed by atoms with van der Waals surface area (Å²) in [5, 5.41) is 0. The minimum atomic E-state index is -0.339. The summed E-state index contributed by atoms with van der Waals surface area (Å²) in [5.41, 5.74) is 0. The van der Waals surface area contributed by atoms with Gasteiger partial charge in [-0.2, -0.15) is 0 Å². The standard InChI is InChI=1S/C19H17FN2O3/c1-14(13-23-19-21-10-3-11-22-19)24-16-6-8-17(9-7-16)25-18-5-2-4-15(20)12-18/h2-12,14H,13H2,1H3. The maximum absolute atomic E-state index is 13.2. The quantitative estimate of drug-likeness (QED) is 0.643. The number of benzene rings is 2. The van der Waals surface area contributed by atoms with Gasteiger partial charge >= 0.3 is 6.01 Å².